The number of morpholine rings is 1. The lowest BCUT2D eigenvalue weighted by molar-refractivity contribution is -0.153. The van der Waals surface area contributed by atoms with E-state index in [1.807, 2.05) is 0 Å². The number of nitrogens with two attached hydrogens (primary N) is 2. The maximum atomic E-state index is 15.7. The number of hydrogen-bond donors (Lipinski definition) is 15. The number of carbonyl (C=O) groups is 17. The summed E-state index contributed by atoms with van der Waals surface area (Å²) in [4.78, 5) is 258. The zero-order valence-electron chi connectivity index (χ0n) is 75.8. The van der Waals surface area contributed by atoms with Gasteiger partial charge in [0.1, 0.15) is 84.3 Å². The standard InChI is InChI=1S/C92H116F3N17O22S/c1-49(2)33-63-81(121)106-68(80(120)99-44-75(97)116)47-135-48-76(117)100-67(37-54-34-59(93)78(95)60(94)35-54)88(128)110(7)72(39-52-19-13-10-14-20-52)90(130)108(5)69(29-31-133-8)91(131)112-45-57(114)41-71(112)86(126)105-66(42-77(118)119)84(124)107-79(50(3)4)92(132)109(6)70(38-51-17-11-9-12-18-51)85(125)101-62(27-28-74(96)115)89(129)111-30-32-134-46-73(111)87(127)104-65(40-55-43-98-61-22-16-15-21-58(55)61)83(123)103-64(82(122)102-63)36-53-23-25-56(113)26-24-53/h9-26,34-35,43,49-50,57,62-73,79,98,113-114H,27-33,36-42,44-48H2,1-8H3,(H2,96,115)(H2,97,116)(H,99,120)(H,100,117)(H,101,125)(H,102,122)(H,103,123)(H,104,127)(H,105,126)(H,106,121)(H,107,124)(H,118,119)/t57-,62-,63-,64-,65+,66-,67-,68-,69-,70-,71+,72-,73+,79-/m0/s1. The maximum absolute atomic E-state index is 15.7. The number of methoxy groups -OCH3 is 1. The normalized spacial score (nSPS) is 24.0. The molecule has 0 aliphatic carbocycles. The molecule has 1 aromatic heterocycles. The molecule has 3 fully saturated rings. The number of ether oxygens (including phenoxy) is 2. The molecule has 0 unspecified atom stereocenters. The van der Waals surface area contributed by atoms with E-state index >= 15 is 56.7 Å². The van der Waals surface area contributed by atoms with Crippen LogP contribution in [0.25, 0.3) is 10.9 Å². The SMILES string of the molecule is COCC[C@H]1C(=O)N2C[C@@H](O)C[C@@H]2C(=O)N[C@@H](CC(=O)O)C(=O)N[C@@H](C(C)C)C(=O)N(C)[C@@H](Cc2ccccc2)C(=O)N[C@@H](CCC(N)=O)C(=O)N2CCOC[C@@H]2C(=O)N[C@H](Cc2c[nH]c3ccccc23)C(=O)N[C@@H](Cc2ccc(O)cc2)C(=O)N[C@@H](CC(C)C)C(=O)N[C@H](C(=O)NCC(N)=O)CSCC(=O)N[C@@H](Cc2cc(F)c(F)c(F)c2)C(=O)N(C)[C@@H](Cc2ccccc2)C(=O)N1C. The number of amides is 16. The van der Waals surface area contributed by atoms with Crippen molar-refractivity contribution in [2.24, 2.45) is 23.3 Å². The monoisotopic (exact) mass is 1900 g/mol. The van der Waals surface area contributed by atoms with Crippen LogP contribution in [0.2, 0.25) is 0 Å². The van der Waals surface area contributed by atoms with Crippen molar-refractivity contribution < 1.29 is 119 Å². The number of hydrogen-bond acceptors (Lipinski definition) is 22. The number of aliphatic carboxylic acids is 1. The van der Waals surface area contributed by atoms with Gasteiger partial charge >= 0.3 is 5.97 Å². The number of likely N-dealkylation sites (N-methyl/N-ethyl adjacent to an activating group) is 3. The van der Waals surface area contributed by atoms with E-state index in [2.05, 4.69) is 52.8 Å². The second-order valence-corrected chi connectivity index (χ2v) is 35.3. The number of benzene rings is 5. The predicted molar refractivity (Wildman–Crippen MR) is 483 cm³/mol. The van der Waals surface area contributed by atoms with Crippen LogP contribution in [0, 0.1) is 29.3 Å². The van der Waals surface area contributed by atoms with Crippen molar-refractivity contribution in [1.82, 2.24) is 77.3 Å². The summed E-state index contributed by atoms with van der Waals surface area (Å²) in [5.41, 5.74) is 13.0. The molecular formula is C92H116F3N17O22S. The minimum absolute atomic E-state index is 0.187. The topological polar surface area (TPSA) is 562 Å². The number of nitrogens with zero attached hydrogens (tertiary/aromatic N) is 5. The van der Waals surface area contributed by atoms with Gasteiger partial charge in [0.2, 0.25) is 94.5 Å². The number of aromatic nitrogens is 1. The Morgan fingerprint density at radius 1 is 0.556 bits per heavy atom. The summed E-state index contributed by atoms with van der Waals surface area (Å²) in [5, 5.41) is 55.8. The van der Waals surface area contributed by atoms with Crippen LogP contribution in [-0.2, 0) is 123 Å². The molecule has 3 saturated heterocycles. The highest BCUT2D eigenvalue weighted by Gasteiger charge is 2.48. The van der Waals surface area contributed by atoms with Crippen LogP contribution in [0.5, 0.6) is 5.75 Å². The first kappa shape index (κ1) is 105. The molecule has 4 heterocycles. The van der Waals surface area contributed by atoms with Crippen molar-refractivity contribution in [1.29, 1.82) is 0 Å². The van der Waals surface area contributed by atoms with Gasteiger partial charge in [-0.05, 0) is 82.8 Å². The number of nitrogens with one attached hydrogen (secondary N) is 10. The summed E-state index contributed by atoms with van der Waals surface area (Å²) < 4.78 is 56.3. The second kappa shape index (κ2) is 49.4. The number of aromatic hydroxyl groups is 1. The third-order valence-electron chi connectivity index (χ3n) is 23.4. The fourth-order valence-electron chi connectivity index (χ4n) is 16.1. The van der Waals surface area contributed by atoms with Gasteiger partial charge in [-0.2, -0.15) is 0 Å². The number of phenols is 1. The molecule has 17 N–H and O–H groups in total. The molecule has 6 aromatic rings. The fourth-order valence-corrected chi connectivity index (χ4v) is 17.0. The second-order valence-electron chi connectivity index (χ2n) is 34.2. The van der Waals surface area contributed by atoms with Crippen LogP contribution in [0.3, 0.4) is 0 Å². The number of aliphatic hydroxyl groups excluding tert-OH is 1. The summed E-state index contributed by atoms with van der Waals surface area (Å²) >= 11 is 0.640. The first-order valence-electron chi connectivity index (χ1n) is 43.9. The Balaban J connectivity index is 1.15. The number of H-pyrrole nitrogens is 1. The average molecular weight is 1900 g/mol. The summed E-state index contributed by atoms with van der Waals surface area (Å²) in [6, 6.07) is 7.13. The molecule has 16 amide bonds. The Hall–Kier alpha value is -13.6. The van der Waals surface area contributed by atoms with Crippen molar-refractivity contribution >= 4 is 123 Å². The van der Waals surface area contributed by atoms with E-state index in [1.54, 1.807) is 105 Å². The molecule has 0 bridgehead atoms. The number of carbonyl (C=O) groups excluding carboxylic acids is 16. The van der Waals surface area contributed by atoms with Crippen molar-refractivity contribution in [3.63, 3.8) is 0 Å². The molecule has 43 heteroatoms. The highest BCUT2D eigenvalue weighted by atomic mass is 32.2. The summed E-state index contributed by atoms with van der Waals surface area (Å²) in [6.45, 7) is 3.56. The van der Waals surface area contributed by atoms with Gasteiger partial charge in [-0.15, -0.1) is 11.8 Å². The van der Waals surface area contributed by atoms with Gasteiger partial charge < -0.3 is 114 Å². The number of primary amides is 2. The first-order valence-corrected chi connectivity index (χ1v) is 45.0. The van der Waals surface area contributed by atoms with E-state index in [0.717, 1.165) is 31.5 Å². The van der Waals surface area contributed by atoms with E-state index in [4.69, 9.17) is 20.9 Å². The van der Waals surface area contributed by atoms with E-state index in [-0.39, 0.29) is 64.0 Å². The largest absolute Gasteiger partial charge is 0.508 e. The molecule has 14 atom stereocenters. The van der Waals surface area contributed by atoms with Crippen molar-refractivity contribution in [3.8, 4) is 5.75 Å². The van der Waals surface area contributed by atoms with Crippen LogP contribution < -0.4 is 59.3 Å². The van der Waals surface area contributed by atoms with Crippen LogP contribution in [-0.4, -0.2) is 309 Å². The third-order valence-corrected chi connectivity index (χ3v) is 24.4. The predicted octanol–water partition coefficient (Wildman–Crippen LogP) is -0.820. The maximum Gasteiger partial charge on any atom is 0.305 e. The van der Waals surface area contributed by atoms with Crippen LogP contribution in [0.1, 0.15) is 94.0 Å². The Bertz CT molecular complexity index is 5250. The lowest BCUT2D eigenvalue weighted by Gasteiger charge is -2.38. The number of thioether (sulfide) groups is 1. The van der Waals surface area contributed by atoms with E-state index in [1.165, 1.54) is 59.3 Å². The Morgan fingerprint density at radius 2 is 1.10 bits per heavy atom. The number of fused-ring (bicyclic) bond motifs is 3. The molecule has 3 aliphatic heterocycles. The van der Waals surface area contributed by atoms with Gasteiger partial charge in [-0.25, -0.2) is 13.2 Å². The lowest BCUT2D eigenvalue weighted by Crippen LogP contribution is -2.64. The van der Waals surface area contributed by atoms with Gasteiger partial charge in [0, 0.05) is 122 Å². The number of phenolic OH excluding ortho intramolecular Hbond substituents is 1. The highest BCUT2D eigenvalue weighted by molar-refractivity contribution is 8.00. The molecule has 0 spiro atoms. The number of para-hydroxylation sites is 1. The van der Waals surface area contributed by atoms with Crippen molar-refractivity contribution in [3.05, 3.63) is 173 Å². The Labute approximate surface area is 780 Å². The van der Waals surface area contributed by atoms with Crippen LogP contribution in [0.15, 0.2) is 128 Å². The van der Waals surface area contributed by atoms with Gasteiger partial charge in [-0.3, -0.25) is 81.5 Å². The summed E-state index contributed by atoms with van der Waals surface area (Å²) in [6.07, 6.45) is -5.46. The Morgan fingerprint density at radius 3 is 1.72 bits per heavy atom. The van der Waals surface area contributed by atoms with Crippen molar-refractivity contribution in [2.45, 2.75) is 183 Å². The third kappa shape index (κ3) is 29.5. The van der Waals surface area contributed by atoms with E-state index < -0.39 is 283 Å². The van der Waals surface area contributed by atoms with Crippen LogP contribution in [0.4, 0.5) is 13.2 Å². The fraction of sp³-hybridized carbons (Fsp3) is 0.467. The quantitative estimate of drug-likeness (QED) is 0.0329. The first-order chi connectivity index (χ1) is 64.1. The van der Waals surface area contributed by atoms with Gasteiger partial charge in [0.25, 0.3) is 0 Å². The van der Waals surface area contributed by atoms with Gasteiger partial charge in [-0.1, -0.05) is 119 Å². The highest BCUT2D eigenvalue weighted by Crippen LogP contribution is 2.28. The average Bonchev–Trinajstić information content (AvgIpc) is 1.73. The molecule has 39 nitrogen and oxygen atoms in total. The molecule has 135 heavy (non-hydrogen) atoms. The molecule has 9 rings (SSSR count). The number of carboxylic acid groups (broad SMARTS) is 1. The number of carboxylic acids is 1. The molecule has 728 valence electrons. The molecule has 5 aromatic carbocycles. The minimum Gasteiger partial charge on any atom is -0.508 e. The van der Waals surface area contributed by atoms with Gasteiger partial charge in [0.05, 0.1) is 38.0 Å². The summed E-state index contributed by atoms with van der Waals surface area (Å²) in [5.74, 6) is -26.7. The number of aliphatic hydroxyl groups is 1. The zero-order valence-corrected chi connectivity index (χ0v) is 76.6. The van der Waals surface area contributed by atoms with Gasteiger partial charge in [0.15, 0.2) is 17.5 Å². The van der Waals surface area contributed by atoms with Crippen molar-refractivity contribution in [2.75, 3.05) is 79.2 Å². The van der Waals surface area contributed by atoms with E-state index in [0.29, 0.717) is 57.1 Å². The molecule has 0 saturated carbocycles. The Kier molecular flexibility index (Phi) is 38.5. The smallest absolute Gasteiger partial charge is 0.305 e. The lowest BCUT2D eigenvalue weighted by atomic mass is 9.98. The van der Waals surface area contributed by atoms with E-state index in [9.17, 15) is 53.3 Å². The summed E-state index contributed by atoms with van der Waals surface area (Å²) in [7, 11) is 4.77. The molecular weight excluding hydrogens is 1780 g/mol. The van der Waals surface area contributed by atoms with Crippen LogP contribution >= 0.6 is 11.8 Å². The number of aromatic amines is 1. The number of halogens is 3. The molecule has 3 aliphatic rings. The zero-order chi connectivity index (χ0) is 98.8. The molecule has 0 radical (unpaired) electrons. The number of rotatable bonds is 24. The minimum atomic E-state index is -2.08.